The summed E-state index contributed by atoms with van der Waals surface area (Å²) in [5.74, 6) is 0.568. The van der Waals surface area contributed by atoms with Gasteiger partial charge in [0.25, 0.3) is 11.5 Å². The summed E-state index contributed by atoms with van der Waals surface area (Å²) in [5.41, 5.74) is 1.82. The van der Waals surface area contributed by atoms with Crippen LogP contribution in [0.3, 0.4) is 0 Å². The molecule has 0 spiro atoms. The van der Waals surface area contributed by atoms with E-state index in [1.54, 1.807) is 36.5 Å². The fourth-order valence-corrected chi connectivity index (χ4v) is 6.55. The van der Waals surface area contributed by atoms with E-state index in [-0.39, 0.29) is 28.9 Å². The molecule has 9 nitrogen and oxygen atoms in total. The Kier molecular flexibility index (Phi) is 9.89. The predicted molar refractivity (Wildman–Crippen MR) is 164 cm³/mol. The number of pyridine rings is 1. The number of nitrogens with zero attached hydrogens (tertiary/aromatic N) is 4. The van der Waals surface area contributed by atoms with Crippen LogP contribution in [-0.4, -0.2) is 59.0 Å². The average Bonchev–Trinajstić information content (AvgIpc) is 3.25. The smallest absolute Gasteiger partial charge is 0.310 e. The number of thioether (sulfide) groups is 1. The zero-order chi connectivity index (χ0) is 29.7. The van der Waals surface area contributed by atoms with Gasteiger partial charge in [0.1, 0.15) is 27.5 Å². The van der Waals surface area contributed by atoms with E-state index in [1.807, 2.05) is 36.1 Å². The van der Waals surface area contributed by atoms with E-state index in [9.17, 15) is 19.6 Å². The number of benzene rings is 1. The largest absolute Gasteiger partial charge is 0.497 e. The van der Waals surface area contributed by atoms with E-state index in [4.69, 9.17) is 21.7 Å². The van der Waals surface area contributed by atoms with Crippen LogP contribution in [0.25, 0.3) is 6.08 Å². The van der Waals surface area contributed by atoms with Gasteiger partial charge in [-0.25, -0.2) is 0 Å². The van der Waals surface area contributed by atoms with Crippen molar-refractivity contribution in [3.63, 3.8) is 0 Å². The number of ether oxygens (including phenoxy) is 2. The average molecular weight is 595 g/mol. The van der Waals surface area contributed by atoms with Crippen LogP contribution in [-0.2, 0) is 27.3 Å². The predicted octanol–water partition coefficient (Wildman–Crippen LogP) is 4.28. The molecule has 2 fully saturated rings. The Balaban J connectivity index is 1.70. The van der Waals surface area contributed by atoms with E-state index in [2.05, 4.69) is 6.07 Å². The highest BCUT2D eigenvalue weighted by Gasteiger charge is 2.34. The number of methoxy groups -OCH3 is 1. The third-order valence-corrected chi connectivity index (χ3v) is 8.81. The molecule has 1 amide bonds. The summed E-state index contributed by atoms with van der Waals surface area (Å²) in [5, 5.41) is 9.86. The van der Waals surface area contributed by atoms with Crippen molar-refractivity contribution in [3.05, 3.63) is 61.8 Å². The molecule has 0 aliphatic carbocycles. The lowest BCUT2D eigenvalue weighted by Crippen LogP contribution is -2.43. The minimum absolute atomic E-state index is 0.0378. The maximum atomic E-state index is 13.6. The molecule has 3 heterocycles. The molecule has 216 valence electrons. The lowest BCUT2D eigenvalue weighted by atomic mass is 9.96. The van der Waals surface area contributed by atoms with Gasteiger partial charge >= 0.3 is 5.97 Å². The molecule has 0 bridgehead atoms. The maximum Gasteiger partial charge on any atom is 0.310 e. The number of nitriles is 1. The first-order valence-corrected chi connectivity index (χ1v) is 14.9. The van der Waals surface area contributed by atoms with E-state index in [0.717, 1.165) is 17.7 Å². The molecule has 4 rings (SSSR count). The molecule has 0 N–H and O–H groups in total. The Hall–Kier alpha value is -3.62. The Morgan fingerprint density at radius 3 is 2.61 bits per heavy atom. The first-order valence-electron chi connectivity index (χ1n) is 13.7. The van der Waals surface area contributed by atoms with Crippen molar-refractivity contribution in [2.75, 3.05) is 38.3 Å². The van der Waals surface area contributed by atoms with Crippen LogP contribution < -0.4 is 15.2 Å². The number of carbonyl (C=O) groups excluding carboxylic acids is 2. The number of anilines is 1. The van der Waals surface area contributed by atoms with Gasteiger partial charge in [-0.15, -0.1) is 0 Å². The number of piperidine rings is 1. The van der Waals surface area contributed by atoms with Crippen molar-refractivity contribution >= 4 is 52.1 Å². The number of aromatic nitrogens is 1. The van der Waals surface area contributed by atoms with Crippen LogP contribution in [0.5, 0.6) is 5.75 Å². The molecule has 1 atom stereocenters. The molecule has 0 saturated carbocycles. The zero-order valence-corrected chi connectivity index (χ0v) is 25.4. The quantitative estimate of drug-likeness (QED) is 0.239. The number of carbonyl (C=O) groups is 2. The van der Waals surface area contributed by atoms with Crippen molar-refractivity contribution in [2.45, 2.75) is 46.6 Å². The summed E-state index contributed by atoms with van der Waals surface area (Å²) in [7, 11) is 1.62. The molecule has 2 aliphatic heterocycles. The van der Waals surface area contributed by atoms with Crippen molar-refractivity contribution in [3.8, 4) is 11.8 Å². The van der Waals surface area contributed by atoms with Crippen LogP contribution >= 0.6 is 24.0 Å². The van der Waals surface area contributed by atoms with Gasteiger partial charge in [-0.05, 0) is 69.4 Å². The van der Waals surface area contributed by atoms with Gasteiger partial charge in [0.15, 0.2) is 0 Å². The minimum Gasteiger partial charge on any atom is -0.497 e. The highest BCUT2D eigenvalue weighted by Crippen LogP contribution is 2.37. The maximum absolute atomic E-state index is 13.6. The third kappa shape index (κ3) is 6.34. The number of hydrogen-bond donors (Lipinski definition) is 0. The van der Waals surface area contributed by atoms with Gasteiger partial charge in [0.2, 0.25) is 0 Å². The second-order valence-electron chi connectivity index (χ2n) is 9.87. The van der Waals surface area contributed by atoms with Gasteiger partial charge in [0, 0.05) is 31.7 Å². The van der Waals surface area contributed by atoms with E-state index in [0.29, 0.717) is 71.8 Å². The van der Waals surface area contributed by atoms with Gasteiger partial charge in [-0.3, -0.25) is 23.9 Å². The van der Waals surface area contributed by atoms with Gasteiger partial charge in [-0.2, -0.15) is 5.26 Å². The summed E-state index contributed by atoms with van der Waals surface area (Å²) in [4.78, 5) is 43.5. The van der Waals surface area contributed by atoms with Crippen LogP contribution in [0, 0.1) is 24.2 Å². The lowest BCUT2D eigenvalue weighted by molar-refractivity contribution is -0.148. The number of amides is 1. The van der Waals surface area contributed by atoms with Crippen molar-refractivity contribution < 1.29 is 19.1 Å². The third-order valence-electron chi connectivity index (χ3n) is 7.44. The standard InChI is InChI=1S/C30H34N4O5S2/c1-5-33-26(32-14-7-8-21(18-32)29(37)39-6-2)23(19(3)24(17-31)27(33)35)16-25-28(36)34(30(40)41-25)15-13-20-9-11-22(38-4)12-10-20/h9-12,16,21H,5-8,13-15,18H2,1-4H3/b25-16-. The first-order chi connectivity index (χ1) is 19.7. The molecule has 1 aromatic heterocycles. The fourth-order valence-electron chi connectivity index (χ4n) is 5.26. The van der Waals surface area contributed by atoms with Crippen molar-refractivity contribution in [1.29, 1.82) is 5.26 Å². The Morgan fingerprint density at radius 1 is 1.24 bits per heavy atom. The summed E-state index contributed by atoms with van der Waals surface area (Å²) in [6.45, 7) is 7.42. The van der Waals surface area contributed by atoms with Gasteiger partial charge in [-0.1, -0.05) is 36.1 Å². The van der Waals surface area contributed by atoms with Gasteiger partial charge in [0.05, 0.1) is 24.5 Å². The normalized spacial score (nSPS) is 18.1. The van der Waals surface area contributed by atoms with E-state index >= 15 is 0 Å². The van der Waals surface area contributed by atoms with E-state index < -0.39 is 0 Å². The molecule has 2 aliphatic rings. The number of hydrogen-bond acceptors (Lipinski definition) is 9. The minimum atomic E-state index is -0.384. The van der Waals surface area contributed by atoms with Crippen LogP contribution in [0.15, 0.2) is 34.0 Å². The molecular formula is C30H34N4O5S2. The molecule has 0 radical (unpaired) electrons. The van der Waals surface area contributed by atoms with Crippen molar-refractivity contribution in [2.24, 2.45) is 5.92 Å². The highest BCUT2D eigenvalue weighted by atomic mass is 32.2. The molecule has 2 aromatic rings. The van der Waals surface area contributed by atoms with Crippen molar-refractivity contribution in [1.82, 2.24) is 9.47 Å². The monoisotopic (exact) mass is 594 g/mol. The lowest BCUT2D eigenvalue weighted by Gasteiger charge is -2.36. The fraction of sp³-hybridized carbons (Fsp3) is 0.433. The topological polar surface area (TPSA) is 105 Å². The molecule has 41 heavy (non-hydrogen) atoms. The van der Waals surface area contributed by atoms with Crippen LogP contribution in [0.1, 0.15) is 48.9 Å². The first kappa shape index (κ1) is 30.3. The molecule has 1 aromatic carbocycles. The zero-order valence-electron chi connectivity index (χ0n) is 23.8. The highest BCUT2D eigenvalue weighted by molar-refractivity contribution is 8.26. The molecule has 11 heteroatoms. The van der Waals surface area contributed by atoms with Crippen LogP contribution in [0.4, 0.5) is 5.82 Å². The summed E-state index contributed by atoms with van der Waals surface area (Å²) < 4.78 is 12.5. The Bertz CT molecular complexity index is 1480. The second kappa shape index (κ2) is 13.4. The Labute approximate surface area is 249 Å². The second-order valence-corrected chi connectivity index (χ2v) is 11.5. The van der Waals surface area contributed by atoms with E-state index in [1.165, 1.54) is 11.8 Å². The number of thiocarbonyl (C=S) groups is 1. The SMILES string of the molecule is CCOC(=O)C1CCCN(c2c(/C=C3\SC(=S)N(CCc4ccc(OC)cc4)C3=O)c(C)c(C#N)c(=O)n2CC)C1. The van der Waals surface area contributed by atoms with Crippen LogP contribution in [0.2, 0.25) is 0 Å². The number of esters is 1. The molecule has 2 saturated heterocycles. The summed E-state index contributed by atoms with van der Waals surface area (Å²) >= 11 is 6.79. The molecular weight excluding hydrogens is 560 g/mol. The van der Waals surface area contributed by atoms with Gasteiger partial charge < -0.3 is 14.4 Å². The molecule has 1 unspecified atom stereocenters. The summed E-state index contributed by atoms with van der Waals surface area (Å²) in [6.07, 6.45) is 3.81. The number of rotatable bonds is 9. The summed E-state index contributed by atoms with van der Waals surface area (Å²) in [6, 6.07) is 9.74. The Morgan fingerprint density at radius 2 is 1.98 bits per heavy atom.